The number of alkyl halides is 1. The first-order valence-corrected chi connectivity index (χ1v) is 8.42. The lowest BCUT2D eigenvalue weighted by molar-refractivity contribution is 0.235. The Balaban J connectivity index is 1.89. The van der Waals surface area contributed by atoms with E-state index < -0.39 is 0 Å². The van der Waals surface area contributed by atoms with E-state index >= 15 is 0 Å². The average molecular weight is 321 g/mol. The Hall–Kier alpha value is -0.830. The fourth-order valence-electron chi connectivity index (χ4n) is 3.28. The van der Waals surface area contributed by atoms with E-state index in [1.165, 1.54) is 49.4 Å². The Bertz CT molecular complexity index is 538. The largest absolute Gasteiger partial charge is 0.264 e. The topological polar surface area (TPSA) is 17.8 Å². The molecule has 0 spiro atoms. The van der Waals surface area contributed by atoms with E-state index in [4.69, 9.17) is 0 Å². The Morgan fingerprint density at radius 3 is 2.58 bits per heavy atom. The van der Waals surface area contributed by atoms with E-state index in [1.54, 1.807) is 0 Å². The van der Waals surface area contributed by atoms with Crippen LogP contribution in [0.4, 0.5) is 0 Å². The molecule has 0 bridgehead atoms. The molecule has 1 fully saturated rings. The molecule has 19 heavy (non-hydrogen) atoms. The smallest absolute Gasteiger partial charge is 0.0682 e. The van der Waals surface area contributed by atoms with Crippen LogP contribution in [0.5, 0.6) is 0 Å². The third kappa shape index (κ3) is 2.71. The second-order valence-corrected chi connectivity index (χ2v) is 6.47. The van der Waals surface area contributed by atoms with Crippen LogP contribution in [-0.4, -0.2) is 15.1 Å². The van der Waals surface area contributed by atoms with Crippen molar-refractivity contribution < 1.29 is 0 Å². The summed E-state index contributed by atoms with van der Waals surface area (Å²) in [5.41, 5.74) is 1.66. The normalized spacial score (nSPS) is 19.4. The van der Waals surface area contributed by atoms with Gasteiger partial charge in [-0.2, -0.15) is 5.10 Å². The van der Waals surface area contributed by atoms with Crippen LogP contribution in [0.15, 0.2) is 30.5 Å². The predicted octanol–water partition coefficient (Wildman–Crippen LogP) is 4.77. The van der Waals surface area contributed by atoms with Crippen LogP contribution in [0.2, 0.25) is 0 Å². The summed E-state index contributed by atoms with van der Waals surface area (Å²) in [5.74, 6) is 0. The number of fused-ring (bicyclic) bond motifs is 1. The van der Waals surface area contributed by atoms with Crippen molar-refractivity contribution in [2.45, 2.75) is 45.1 Å². The van der Waals surface area contributed by atoms with Gasteiger partial charge in [0.25, 0.3) is 0 Å². The standard InChI is InChI=1S/C16H21BrN2/c17-12-16(9-5-1-2-6-10-16)13-19-15-8-4-3-7-14(15)11-18-19/h3-4,7-8,11H,1-2,5-6,9-10,12-13H2. The maximum atomic E-state index is 4.61. The van der Waals surface area contributed by atoms with Crippen LogP contribution < -0.4 is 0 Å². The van der Waals surface area contributed by atoms with Gasteiger partial charge in [0.15, 0.2) is 0 Å². The molecule has 2 nitrogen and oxygen atoms in total. The van der Waals surface area contributed by atoms with Gasteiger partial charge in [0.2, 0.25) is 0 Å². The number of hydrogen-bond acceptors (Lipinski definition) is 1. The summed E-state index contributed by atoms with van der Waals surface area (Å²) in [7, 11) is 0. The fraction of sp³-hybridized carbons (Fsp3) is 0.562. The number of halogens is 1. The second kappa shape index (κ2) is 5.66. The molecule has 0 aliphatic heterocycles. The molecular weight excluding hydrogens is 300 g/mol. The number of para-hydroxylation sites is 1. The monoisotopic (exact) mass is 320 g/mol. The highest BCUT2D eigenvalue weighted by Crippen LogP contribution is 2.38. The first kappa shape index (κ1) is 13.2. The molecule has 1 saturated carbocycles. The summed E-state index contributed by atoms with van der Waals surface area (Å²) in [5, 5.41) is 6.95. The summed E-state index contributed by atoms with van der Waals surface area (Å²) in [6.07, 6.45) is 10.2. The van der Waals surface area contributed by atoms with Gasteiger partial charge in [0.05, 0.1) is 11.7 Å². The maximum absolute atomic E-state index is 4.61. The van der Waals surface area contributed by atoms with Crippen molar-refractivity contribution in [3.63, 3.8) is 0 Å². The van der Waals surface area contributed by atoms with Crippen molar-refractivity contribution in [2.24, 2.45) is 5.41 Å². The summed E-state index contributed by atoms with van der Waals surface area (Å²) < 4.78 is 2.21. The van der Waals surface area contributed by atoms with Gasteiger partial charge in [-0.05, 0) is 24.3 Å². The zero-order valence-electron chi connectivity index (χ0n) is 11.3. The molecule has 102 valence electrons. The highest BCUT2D eigenvalue weighted by molar-refractivity contribution is 9.09. The van der Waals surface area contributed by atoms with Crippen LogP contribution >= 0.6 is 15.9 Å². The van der Waals surface area contributed by atoms with Crippen molar-refractivity contribution in [1.29, 1.82) is 0 Å². The molecule has 3 rings (SSSR count). The minimum atomic E-state index is 0.394. The summed E-state index contributed by atoms with van der Waals surface area (Å²) in [6.45, 7) is 1.05. The number of aromatic nitrogens is 2. The molecule has 1 aliphatic carbocycles. The summed E-state index contributed by atoms with van der Waals surface area (Å²) >= 11 is 3.77. The van der Waals surface area contributed by atoms with Gasteiger partial charge in [0, 0.05) is 17.3 Å². The molecule has 3 heteroatoms. The van der Waals surface area contributed by atoms with Gasteiger partial charge in [0.1, 0.15) is 0 Å². The van der Waals surface area contributed by atoms with Crippen molar-refractivity contribution in [3.8, 4) is 0 Å². The molecule has 2 aromatic rings. The molecule has 0 N–H and O–H groups in total. The van der Waals surface area contributed by atoms with Crippen LogP contribution in [-0.2, 0) is 6.54 Å². The van der Waals surface area contributed by atoms with Crippen LogP contribution in [0.1, 0.15) is 38.5 Å². The highest BCUT2D eigenvalue weighted by atomic mass is 79.9. The molecule has 0 atom stereocenters. The van der Waals surface area contributed by atoms with Crippen LogP contribution in [0.3, 0.4) is 0 Å². The van der Waals surface area contributed by atoms with Crippen molar-refractivity contribution in [1.82, 2.24) is 9.78 Å². The molecular formula is C16H21BrN2. The summed E-state index contributed by atoms with van der Waals surface area (Å²) in [4.78, 5) is 0. The number of rotatable bonds is 3. The van der Waals surface area contributed by atoms with E-state index in [0.717, 1.165) is 11.9 Å². The van der Waals surface area contributed by atoms with Gasteiger partial charge in [-0.1, -0.05) is 59.8 Å². The highest BCUT2D eigenvalue weighted by Gasteiger charge is 2.31. The Kier molecular flexibility index (Phi) is 3.92. The first-order valence-electron chi connectivity index (χ1n) is 7.30. The second-order valence-electron chi connectivity index (χ2n) is 5.91. The average Bonchev–Trinajstić information content (AvgIpc) is 2.70. The third-order valence-corrected chi connectivity index (χ3v) is 5.67. The molecule has 1 aromatic carbocycles. The van der Waals surface area contributed by atoms with Gasteiger partial charge < -0.3 is 0 Å². The Labute approximate surface area is 123 Å². The molecule has 0 unspecified atom stereocenters. The van der Waals surface area contributed by atoms with Crippen LogP contribution in [0.25, 0.3) is 10.9 Å². The maximum Gasteiger partial charge on any atom is 0.0682 e. The van der Waals surface area contributed by atoms with Gasteiger partial charge in [-0.25, -0.2) is 0 Å². The molecule has 0 radical (unpaired) electrons. The Morgan fingerprint density at radius 2 is 1.84 bits per heavy atom. The lowest BCUT2D eigenvalue weighted by Gasteiger charge is -2.31. The third-order valence-electron chi connectivity index (χ3n) is 4.48. The zero-order chi connectivity index (χ0) is 13.1. The van der Waals surface area contributed by atoms with E-state index in [0.29, 0.717) is 5.41 Å². The van der Waals surface area contributed by atoms with Crippen molar-refractivity contribution in [3.05, 3.63) is 30.5 Å². The molecule has 1 heterocycles. The molecule has 1 aromatic heterocycles. The number of nitrogens with zero attached hydrogens (tertiary/aromatic N) is 2. The minimum absolute atomic E-state index is 0.394. The molecule has 1 aliphatic rings. The molecule has 0 saturated heterocycles. The van der Waals surface area contributed by atoms with E-state index in [2.05, 4.69) is 50.0 Å². The number of benzene rings is 1. The quantitative estimate of drug-likeness (QED) is 0.588. The summed E-state index contributed by atoms with van der Waals surface area (Å²) in [6, 6.07) is 8.52. The van der Waals surface area contributed by atoms with Gasteiger partial charge in [-0.3, -0.25) is 4.68 Å². The lowest BCUT2D eigenvalue weighted by Crippen LogP contribution is -2.28. The SMILES string of the molecule is BrCC1(Cn2ncc3ccccc32)CCCCCC1. The van der Waals surface area contributed by atoms with E-state index in [9.17, 15) is 0 Å². The van der Waals surface area contributed by atoms with Crippen molar-refractivity contribution in [2.75, 3.05) is 5.33 Å². The fourth-order valence-corrected chi connectivity index (χ4v) is 4.02. The first-order chi connectivity index (χ1) is 9.33. The van der Waals surface area contributed by atoms with E-state index in [-0.39, 0.29) is 0 Å². The minimum Gasteiger partial charge on any atom is -0.264 e. The zero-order valence-corrected chi connectivity index (χ0v) is 12.9. The van der Waals surface area contributed by atoms with Gasteiger partial charge in [-0.15, -0.1) is 0 Å². The molecule has 0 amide bonds. The lowest BCUT2D eigenvalue weighted by atomic mass is 9.82. The van der Waals surface area contributed by atoms with Crippen molar-refractivity contribution >= 4 is 26.8 Å². The Morgan fingerprint density at radius 1 is 1.11 bits per heavy atom. The van der Waals surface area contributed by atoms with E-state index in [1.807, 2.05) is 6.20 Å². The number of hydrogen-bond donors (Lipinski definition) is 0. The predicted molar refractivity (Wildman–Crippen MR) is 83.7 cm³/mol. The van der Waals surface area contributed by atoms with Crippen LogP contribution in [0, 0.1) is 5.41 Å². The van der Waals surface area contributed by atoms with Gasteiger partial charge >= 0.3 is 0 Å².